The van der Waals surface area contributed by atoms with Crippen LogP contribution in [-0.2, 0) is 0 Å². The Bertz CT molecular complexity index is 8450. The molecule has 0 radical (unpaired) electrons. The normalized spacial score (nSPS) is 11.5. The lowest BCUT2D eigenvalue weighted by molar-refractivity contribution is 1.28. The van der Waals surface area contributed by atoms with Crippen LogP contribution in [0.1, 0.15) is 0 Å². The van der Waals surface area contributed by atoms with E-state index in [1.54, 1.807) is 0 Å². The Labute approximate surface area is 803 Å². The zero-order valence-corrected chi connectivity index (χ0v) is 75.9. The summed E-state index contributed by atoms with van der Waals surface area (Å²) in [6.07, 6.45) is 0. The lowest BCUT2D eigenvalue weighted by atomic mass is 9.90. The quantitative estimate of drug-likeness (QED) is 0.0951. The minimum absolute atomic E-state index is 1.08. The average Bonchev–Trinajstić information content (AvgIpc) is 0.767. The number of fused-ring (bicyclic) bond motifs is 10. The van der Waals surface area contributed by atoms with E-state index < -0.39 is 0 Å². The standard InChI is InChI=1S/C78H51N.C58H39N/c1-4-22-61-52(16-1)19-13-31-70(61)76-49-46-64(67-25-7-10-28-73(67)76)55-34-40-58(41-35-55)79(59-42-36-56(37-43-59)65-47-50-77(74-29-11-8-26-68(65)74)71-32-14-20-53-17-2-5-23-62(53)71)60-44-38-57(39-45-60)66-48-51-78(75-30-12-9-27-69(66)75)72-33-15-21-54-18-3-6-24-63(54)72;1-2-18-44(19-3-1)59(45-32-28-42(29-33-45)49-36-38-57(55-24-10-8-22-51(49)55)53-26-12-16-40-14-4-6-20-47(40)53)46-34-30-43(31-35-46)50-37-39-58(56-25-11-9-23-52(50)56)54-27-13-17-41-15-5-7-21-48(41)54/h1-51H;1-39H. The fraction of sp³-hybridized carbons (Fsp3) is 0. The summed E-state index contributed by atoms with van der Waals surface area (Å²) in [5.41, 5.74) is 31.1. The topological polar surface area (TPSA) is 6.48 Å². The molecule has 0 heterocycles. The number of nitrogens with zero attached hydrogens (tertiary/aromatic N) is 2. The predicted octanol–water partition coefficient (Wildman–Crippen LogP) is 38.5. The van der Waals surface area contributed by atoms with E-state index in [0.717, 1.165) is 34.1 Å². The Morgan fingerprint density at radius 1 is 0.0797 bits per heavy atom. The lowest BCUT2D eigenvalue weighted by Crippen LogP contribution is -2.09. The molecular weight excluding hydrogens is 1660 g/mol. The summed E-state index contributed by atoms with van der Waals surface area (Å²) in [6.45, 7) is 0. The molecule has 26 aromatic rings. The van der Waals surface area contributed by atoms with Crippen LogP contribution in [0.3, 0.4) is 0 Å². The summed E-state index contributed by atoms with van der Waals surface area (Å²) >= 11 is 0. The fourth-order valence-electron chi connectivity index (χ4n) is 21.7. The second-order valence-electron chi connectivity index (χ2n) is 35.9. The first kappa shape index (κ1) is 81.9. The molecule has 0 N–H and O–H groups in total. The highest BCUT2D eigenvalue weighted by molar-refractivity contribution is 6.16. The van der Waals surface area contributed by atoms with E-state index in [9.17, 15) is 0 Å². The molecule has 138 heavy (non-hydrogen) atoms. The van der Waals surface area contributed by atoms with Gasteiger partial charge in [-0.15, -0.1) is 0 Å². The van der Waals surface area contributed by atoms with Crippen molar-refractivity contribution in [3.8, 4) is 111 Å². The molecule has 0 unspecified atom stereocenters. The molecule has 26 aromatic carbocycles. The summed E-state index contributed by atoms with van der Waals surface area (Å²) in [7, 11) is 0. The van der Waals surface area contributed by atoms with E-state index >= 15 is 0 Å². The minimum atomic E-state index is 1.08. The predicted molar refractivity (Wildman–Crippen MR) is 592 cm³/mol. The fourth-order valence-corrected chi connectivity index (χ4v) is 21.7. The van der Waals surface area contributed by atoms with Crippen molar-refractivity contribution < 1.29 is 0 Å². The third kappa shape index (κ3) is 14.9. The monoisotopic (exact) mass is 1750 g/mol. The van der Waals surface area contributed by atoms with E-state index in [1.807, 2.05) is 0 Å². The van der Waals surface area contributed by atoms with Gasteiger partial charge in [0.05, 0.1) is 0 Å². The van der Waals surface area contributed by atoms with Crippen LogP contribution in [0.15, 0.2) is 546 Å². The highest BCUT2D eigenvalue weighted by atomic mass is 15.1. The molecule has 2 heteroatoms. The molecule has 0 aliphatic carbocycles. The smallest absolute Gasteiger partial charge is 0.0462 e. The molecule has 0 aromatic heterocycles. The molecule has 0 fully saturated rings. The Morgan fingerprint density at radius 3 is 0.399 bits per heavy atom. The van der Waals surface area contributed by atoms with Gasteiger partial charge in [0.15, 0.2) is 0 Å². The van der Waals surface area contributed by atoms with Crippen molar-refractivity contribution in [3.63, 3.8) is 0 Å². The molecule has 0 atom stereocenters. The van der Waals surface area contributed by atoms with Gasteiger partial charge < -0.3 is 9.80 Å². The molecule has 0 aliphatic rings. The number of benzene rings is 26. The summed E-state index contributed by atoms with van der Waals surface area (Å²) < 4.78 is 0. The van der Waals surface area contributed by atoms with Gasteiger partial charge in [-0.05, 0) is 292 Å². The highest BCUT2D eigenvalue weighted by Gasteiger charge is 2.23. The highest BCUT2D eigenvalue weighted by Crippen LogP contribution is 2.49. The van der Waals surface area contributed by atoms with E-state index in [0.29, 0.717) is 0 Å². The van der Waals surface area contributed by atoms with Gasteiger partial charge in [-0.2, -0.15) is 0 Å². The maximum absolute atomic E-state index is 2.39. The van der Waals surface area contributed by atoms with Crippen molar-refractivity contribution in [2.45, 2.75) is 0 Å². The van der Waals surface area contributed by atoms with Gasteiger partial charge in [0, 0.05) is 34.1 Å². The first-order valence-electron chi connectivity index (χ1n) is 47.7. The molecule has 0 saturated carbocycles. The average molecular weight is 1750 g/mol. The van der Waals surface area contributed by atoms with Gasteiger partial charge in [0.1, 0.15) is 0 Å². The van der Waals surface area contributed by atoms with Gasteiger partial charge >= 0.3 is 0 Å². The third-order valence-electron chi connectivity index (χ3n) is 28.2. The van der Waals surface area contributed by atoms with Crippen LogP contribution in [0.25, 0.3) is 219 Å². The Kier molecular flexibility index (Phi) is 21.0. The van der Waals surface area contributed by atoms with E-state index in [1.165, 1.54) is 219 Å². The minimum Gasteiger partial charge on any atom is -0.311 e. The van der Waals surface area contributed by atoms with Crippen LogP contribution < -0.4 is 9.80 Å². The Hall–Kier alpha value is -18.1. The van der Waals surface area contributed by atoms with Gasteiger partial charge in [-0.3, -0.25) is 0 Å². The first-order valence-corrected chi connectivity index (χ1v) is 47.7. The zero-order chi connectivity index (χ0) is 91.4. The SMILES string of the molecule is c1ccc(N(c2ccc(-c3ccc(-c4cccc5ccccc45)c4ccccc34)cc2)c2ccc(-c3ccc(-c4cccc5ccccc45)c4ccccc34)cc2)cc1.c1ccc2c(-c3ccc(-c4ccc(N(c5ccc(-c6ccc(-c7cccc8ccccc78)c7ccccc67)cc5)c5ccc(-c6ccc(-c7cccc8ccccc78)c7ccccc67)cc5)cc4)c4ccccc34)cccc2c1. The summed E-state index contributed by atoms with van der Waals surface area (Å²) in [5, 5.41) is 25.0. The van der Waals surface area contributed by atoms with Crippen molar-refractivity contribution in [1.82, 2.24) is 0 Å². The van der Waals surface area contributed by atoms with E-state index in [4.69, 9.17) is 0 Å². The van der Waals surface area contributed by atoms with E-state index in [-0.39, 0.29) is 0 Å². The van der Waals surface area contributed by atoms with E-state index in [2.05, 4.69) is 556 Å². The molecule has 0 spiro atoms. The largest absolute Gasteiger partial charge is 0.311 e. The lowest BCUT2D eigenvalue weighted by Gasteiger charge is -2.26. The number of hydrogen-bond acceptors (Lipinski definition) is 2. The maximum atomic E-state index is 2.39. The molecule has 644 valence electrons. The van der Waals surface area contributed by atoms with Crippen molar-refractivity contribution in [2.24, 2.45) is 0 Å². The van der Waals surface area contributed by atoms with Crippen LogP contribution in [-0.4, -0.2) is 0 Å². The summed E-state index contributed by atoms with van der Waals surface area (Å²) in [6, 6.07) is 200. The van der Waals surface area contributed by atoms with Crippen molar-refractivity contribution >= 4 is 142 Å². The second kappa shape index (κ2) is 35.5. The number of rotatable bonds is 16. The summed E-state index contributed by atoms with van der Waals surface area (Å²) in [4.78, 5) is 4.74. The van der Waals surface area contributed by atoms with Crippen LogP contribution >= 0.6 is 0 Å². The molecular formula is C136H90N2. The van der Waals surface area contributed by atoms with Crippen LogP contribution in [0.2, 0.25) is 0 Å². The first-order chi connectivity index (χ1) is 68.5. The molecule has 0 aliphatic heterocycles. The van der Waals surface area contributed by atoms with Crippen molar-refractivity contribution in [1.29, 1.82) is 0 Å². The van der Waals surface area contributed by atoms with Gasteiger partial charge in [0.25, 0.3) is 0 Å². The van der Waals surface area contributed by atoms with Gasteiger partial charge in [-0.1, -0.05) is 473 Å². The third-order valence-corrected chi connectivity index (χ3v) is 28.2. The molecule has 26 rings (SSSR count). The van der Waals surface area contributed by atoms with Crippen LogP contribution in [0, 0.1) is 0 Å². The maximum Gasteiger partial charge on any atom is 0.0462 e. The molecule has 0 saturated heterocycles. The Balaban J connectivity index is 0.000000153. The van der Waals surface area contributed by atoms with Crippen molar-refractivity contribution in [2.75, 3.05) is 9.80 Å². The number of hydrogen-bond donors (Lipinski definition) is 0. The van der Waals surface area contributed by atoms with Gasteiger partial charge in [0.2, 0.25) is 0 Å². The second-order valence-corrected chi connectivity index (χ2v) is 35.9. The van der Waals surface area contributed by atoms with Crippen molar-refractivity contribution in [3.05, 3.63) is 546 Å². The van der Waals surface area contributed by atoms with Crippen LogP contribution in [0.4, 0.5) is 34.1 Å². The molecule has 0 bridgehead atoms. The van der Waals surface area contributed by atoms with Crippen LogP contribution in [0.5, 0.6) is 0 Å². The number of para-hydroxylation sites is 1. The zero-order valence-electron chi connectivity index (χ0n) is 75.9. The molecule has 2 nitrogen and oxygen atoms in total. The Morgan fingerprint density at radius 2 is 0.210 bits per heavy atom. The van der Waals surface area contributed by atoms with Gasteiger partial charge in [-0.25, -0.2) is 0 Å². The summed E-state index contributed by atoms with van der Waals surface area (Å²) in [5.74, 6) is 0. The molecule has 0 amide bonds. The number of anilines is 6.